The van der Waals surface area contributed by atoms with E-state index in [4.69, 9.17) is 16.3 Å². The number of carbonyl (C=O) groups excluding carboxylic acids is 2. The van der Waals surface area contributed by atoms with Crippen molar-refractivity contribution in [1.82, 2.24) is 15.1 Å². The van der Waals surface area contributed by atoms with Gasteiger partial charge in [-0.2, -0.15) is 0 Å². The van der Waals surface area contributed by atoms with Crippen molar-refractivity contribution in [3.8, 4) is 5.75 Å². The van der Waals surface area contributed by atoms with Gasteiger partial charge in [0.15, 0.2) is 0 Å². The number of amides is 1. The van der Waals surface area contributed by atoms with Crippen LogP contribution in [0.15, 0.2) is 42.5 Å². The van der Waals surface area contributed by atoms with Gasteiger partial charge in [-0.3, -0.25) is 14.5 Å². The molecule has 0 aliphatic carbocycles. The summed E-state index contributed by atoms with van der Waals surface area (Å²) in [5.41, 5.74) is 4.98. The van der Waals surface area contributed by atoms with Crippen LogP contribution in [0, 0.1) is 13.8 Å². The first kappa shape index (κ1) is 27.6. The van der Waals surface area contributed by atoms with Gasteiger partial charge in [-0.1, -0.05) is 41.5 Å². The number of ether oxygens (including phenoxy) is 1. The van der Waals surface area contributed by atoms with Gasteiger partial charge < -0.3 is 15.0 Å². The van der Waals surface area contributed by atoms with Crippen LogP contribution in [-0.2, 0) is 16.1 Å². The Kier molecular flexibility index (Phi) is 10.0. The minimum atomic E-state index is -0.0492. The maximum absolute atomic E-state index is 12.9. The Balaban J connectivity index is 1.22. The molecule has 0 aromatic heterocycles. The molecule has 2 heterocycles. The predicted molar refractivity (Wildman–Crippen MR) is 148 cm³/mol. The summed E-state index contributed by atoms with van der Waals surface area (Å²) in [7, 11) is 0. The second-order valence-corrected chi connectivity index (χ2v) is 10.8. The first-order valence-electron chi connectivity index (χ1n) is 13.5. The molecule has 0 saturated carbocycles. The second-order valence-electron chi connectivity index (χ2n) is 10.5. The molecule has 2 aromatic rings. The molecular formula is C30H40ClN3O3. The number of benzene rings is 2. The lowest BCUT2D eigenvalue weighted by Crippen LogP contribution is -2.48. The van der Waals surface area contributed by atoms with Crippen molar-refractivity contribution < 1.29 is 14.3 Å². The fourth-order valence-electron chi connectivity index (χ4n) is 5.35. The fourth-order valence-corrected chi connectivity index (χ4v) is 5.52. The SMILES string of the molecule is Cc1ccc(OCCCCC2NCC(c3cc(C)cc(CN4CCN(C(=O)CCl)CC4)c3)CC2=O)cc1. The summed E-state index contributed by atoms with van der Waals surface area (Å²) < 4.78 is 5.82. The van der Waals surface area contributed by atoms with Crippen molar-refractivity contribution in [2.24, 2.45) is 0 Å². The van der Waals surface area contributed by atoms with Gasteiger partial charge in [0.25, 0.3) is 0 Å². The van der Waals surface area contributed by atoms with Crippen molar-refractivity contribution in [3.63, 3.8) is 0 Å². The molecule has 0 bridgehead atoms. The fraction of sp³-hybridized carbons (Fsp3) is 0.533. The molecule has 200 valence electrons. The highest BCUT2D eigenvalue weighted by Gasteiger charge is 2.29. The Morgan fingerprint density at radius 1 is 1.03 bits per heavy atom. The number of nitrogens with zero attached hydrogens (tertiary/aromatic N) is 2. The molecular weight excluding hydrogens is 486 g/mol. The molecule has 2 unspecified atom stereocenters. The third-order valence-electron chi connectivity index (χ3n) is 7.50. The molecule has 6 nitrogen and oxygen atoms in total. The van der Waals surface area contributed by atoms with E-state index in [9.17, 15) is 9.59 Å². The number of nitrogens with one attached hydrogen (secondary N) is 1. The van der Waals surface area contributed by atoms with E-state index >= 15 is 0 Å². The van der Waals surface area contributed by atoms with Crippen molar-refractivity contribution >= 4 is 23.3 Å². The van der Waals surface area contributed by atoms with E-state index in [-0.39, 0.29) is 23.7 Å². The van der Waals surface area contributed by atoms with Gasteiger partial charge in [-0.15, -0.1) is 11.6 Å². The zero-order valence-electron chi connectivity index (χ0n) is 22.2. The summed E-state index contributed by atoms with van der Waals surface area (Å²) in [5, 5.41) is 3.52. The van der Waals surface area contributed by atoms with Crippen LogP contribution in [-0.4, -0.2) is 72.7 Å². The van der Waals surface area contributed by atoms with Crippen molar-refractivity contribution in [2.45, 2.75) is 58.0 Å². The van der Waals surface area contributed by atoms with E-state index in [1.165, 1.54) is 22.3 Å². The van der Waals surface area contributed by atoms with E-state index in [0.717, 1.165) is 64.3 Å². The average Bonchev–Trinajstić information content (AvgIpc) is 2.90. The van der Waals surface area contributed by atoms with Crippen LogP contribution in [0.1, 0.15) is 53.9 Å². The highest BCUT2D eigenvalue weighted by molar-refractivity contribution is 6.27. The summed E-state index contributed by atoms with van der Waals surface area (Å²) in [6.45, 7) is 9.73. The quantitative estimate of drug-likeness (QED) is 0.367. The van der Waals surface area contributed by atoms with E-state index in [1.807, 2.05) is 17.0 Å². The van der Waals surface area contributed by atoms with E-state index < -0.39 is 0 Å². The van der Waals surface area contributed by atoms with Gasteiger partial charge in [0.05, 0.1) is 12.6 Å². The molecule has 7 heteroatoms. The lowest BCUT2D eigenvalue weighted by atomic mass is 9.85. The summed E-state index contributed by atoms with van der Waals surface area (Å²) in [6.07, 6.45) is 3.37. The molecule has 2 saturated heterocycles. The molecule has 37 heavy (non-hydrogen) atoms. The van der Waals surface area contributed by atoms with Crippen molar-refractivity contribution in [1.29, 1.82) is 0 Å². The highest BCUT2D eigenvalue weighted by atomic mass is 35.5. The van der Waals surface area contributed by atoms with Crippen LogP contribution < -0.4 is 10.1 Å². The number of unbranched alkanes of at least 4 members (excludes halogenated alkanes) is 1. The van der Waals surface area contributed by atoms with Gasteiger partial charge in [0.1, 0.15) is 17.4 Å². The van der Waals surface area contributed by atoms with Crippen LogP contribution in [0.4, 0.5) is 0 Å². The number of Topliss-reactive ketones (excluding diaryl/α,β-unsaturated/α-hetero) is 1. The first-order valence-corrected chi connectivity index (χ1v) is 14.1. The van der Waals surface area contributed by atoms with Crippen molar-refractivity contribution in [3.05, 3.63) is 64.7 Å². The molecule has 2 fully saturated rings. The van der Waals surface area contributed by atoms with E-state index in [0.29, 0.717) is 18.8 Å². The molecule has 4 rings (SSSR count). The number of ketones is 1. The third-order valence-corrected chi connectivity index (χ3v) is 7.73. The van der Waals surface area contributed by atoms with Crippen LogP contribution in [0.5, 0.6) is 5.75 Å². The minimum absolute atomic E-state index is 0.0162. The Bertz CT molecular complexity index is 1050. The topological polar surface area (TPSA) is 61.9 Å². The smallest absolute Gasteiger partial charge is 0.237 e. The number of rotatable bonds is 10. The molecule has 2 aromatic carbocycles. The summed E-state index contributed by atoms with van der Waals surface area (Å²) in [6, 6.07) is 14.8. The van der Waals surface area contributed by atoms with E-state index in [1.54, 1.807) is 0 Å². The van der Waals surface area contributed by atoms with Gasteiger partial charge >= 0.3 is 0 Å². The molecule has 2 atom stereocenters. The number of alkyl halides is 1. The Hall–Kier alpha value is -2.41. The highest BCUT2D eigenvalue weighted by Crippen LogP contribution is 2.27. The third kappa shape index (κ3) is 8.03. The van der Waals surface area contributed by atoms with Crippen molar-refractivity contribution in [2.75, 3.05) is 45.2 Å². The number of hydrogen-bond donors (Lipinski definition) is 1. The molecule has 2 aliphatic rings. The van der Waals surface area contributed by atoms with Crippen LogP contribution in [0.25, 0.3) is 0 Å². The number of halogens is 1. The molecule has 0 radical (unpaired) electrons. The first-order chi connectivity index (χ1) is 17.9. The van der Waals surface area contributed by atoms with Gasteiger partial charge in [0.2, 0.25) is 5.91 Å². The zero-order chi connectivity index (χ0) is 26.2. The Morgan fingerprint density at radius 3 is 2.49 bits per heavy atom. The summed E-state index contributed by atoms with van der Waals surface area (Å²) >= 11 is 5.70. The zero-order valence-corrected chi connectivity index (χ0v) is 22.9. The standard InChI is InChI=1S/C30H40ClN3O3/c1-22-6-8-27(9-7-22)37-14-4-3-5-28-29(35)18-26(20-32-28)25-16-23(2)15-24(17-25)21-33-10-12-34(13-11-33)30(36)19-31/h6-9,15-17,26,28,32H,3-5,10-14,18-21H2,1-2H3. The molecule has 2 aliphatic heterocycles. The number of carbonyl (C=O) groups is 2. The lowest BCUT2D eigenvalue weighted by Gasteiger charge is -2.34. The largest absolute Gasteiger partial charge is 0.494 e. The van der Waals surface area contributed by atoms with Gasteiger partial charge in [-0.05, 0) is 56.4 Å². The van der Waals surface area contributed by atoms with Gasteiger partial charge in [0, 0.05) is 51.6 Å². The Morgan fingerprint density at radius 2 is 1.78 bits per heavy atom. The maximum Gasteiger partial charge on any atom is 0.237 e. The lowest BCUT2D eigenvalue weighted by molar-refractivity contribution is -0.130. The van der Waals surface area contributed by atoms with Crippen LogP contribution in [0.3, 0.4) is 0 Å². The molecule has 1 amide bonds. The van der Waals surface area contributed by atoms with E-state index in [2.05, 4.69) is 54.4 Å². The predicted octanol–water partition coefficient (Wildman–Crippen LogP) is 4.45. The summed E-state index contributed by atoms with van der Waals surface area (Å²) in [5.74, 6) is 1.51. The summed E-state index contributed by atoms with van der Waals surface area (Å²) in [4.78, 5) is 29.0. The molecule has 0 spiro atoms. The number of piperazine rings is 1. The van der Waals surface area contributed by atoms with Gasteiger partial charge in [-0.25, -0.2) is 0 Å². The number of hydrogen-bond acceptors (Lipinski definition) is 5. The Labute approximate surface area is 226 Å². The number of piperidine rings is 1. The van der Waals surface area contributed by atoms with Crippen LogP contribution >= 0.6 is 11.6 Å². The minimum Gasteiger partial charge on any atom is -0.494 e. The average molecular weight is 526 g/mol. The maximum atomic E-state index is 12.9. The van der Waals surface area contributed by atoms with Crippen LogP contribution in [0.2, 0.25) is 0 Å². The normalized spacial score (nSPS) is 20.7. The monoisotopic (exact) mass is 525 g/mol. The molecule has 1 N–H and O–H groups in total. The number of aryl methyl sites for hydroxylation is 2. The second kappa shape index (κ2) is 13.4.